The van der Waals surface area contributed by atoms with E-state index in [4.69, 9.17) is 4.74 Å². The van der Waals surface area contributed by atoms with Gasteiger partial charge in [-0.2, -0.15) is 0 Å². The standard InChI is InChI=1S/C20H25N3O4/c1-12-17(5-2-8-21-12)22-18(24)13-6-7-15-16(10-13)20(26)23(19(15)25)11-14-4-3-9-27-14/h6-7,10,12,14,17,21H,2-5,8-9,11H2,1H3,(H,22,24). The Labute approximate surface area is 158 Å². The molecule has 1 aromatic rings. The predicted octanol–water partition coefficient (Wildman–Crippen LogP) is 1.33. The third kappa shape index (κ3) is 3.49. The molecule has 144 valence electrons. The minimum atomic E-state index is -0.340. The summed E-state index contributed by atoms with van der Waals surface area (Å²) in [6.07, 6.45) is 3.67. The van der Waals surface area contributed by atoms with Crippen molar-refractivity contribution in [3.8, 4) is 0 Å². The molecule has 7 heteroatoms. The second-order valence-electron chi connectivity index (χ2n) is 7.58. The lowest BCUT2D eigenvalue weighted by Gasteiger charge is -2.30. The number of fused-ring (bicyclic) bond motifs is 1. The molecule has 3 atom stereocenters. The van der Waals surface area contributed by atoms with Crippen LogP contribution in [0.25, 0.3) is 0 Å². The molecule has 0 spiro atoms. The predicted molar refractivity (Wildman–Crippen MR) is 98.7 cm³/mol. The Hall–Kier alpha value is -2.25. The Balaban J connectivity index is 1.49. The number of amides is 3. The largest absolute Gasteiger partial charge is 0.376 e. The highest BCUT2D eigenvalue weighted by Gasteiger charge is 2.38. The molecule has 2 N–H and O–H groups in total. The number of carbonyl (C=O) groups excluding carboxylic acids is 3. The summed E-state index contributed by atoms with van der Waals surface area (Å²) in [6, 6.07) is 5.02. The van der Waals surface area contributed by atoms with Crippen LogP contribution in [0.4, 0.5) is 0 Å². The van der Waals surface area contributed by atoms with Crippen LogP contribution in [0.15, 0.2) is 18.2 Å². The van der Waals surface area contributed by atoms with Gasteiger partial charge in [0.15, 0.2) is 0 Å². The smallest absolute Gasteiger partial charge is 0.261 e. The van der Waals surface area contributed by atoms with Crippen molar-refractivity contribution in [2.45, 2.75) is 50.8 Å². The number of hydrogen-bond donors (Lipinski definition) is 2. The van der Waals surface area contributed by atoms with E-state index in [0.29, 0.717) is 23.3 Å². The van der Waals surface area contributed by atoms with Crippen LogP contribution in [0.2, 0.25) is 0 Å². The van der Waals surface area contributed by atoms with Gasteiger partial charge >= 0.3 is 0 Å². The quantitative estimate of drug-likeness (QED) is 0.780. The van der Waals surface area contributed by atoms with Crippen molar-refractivity contribution in [2.75, 3.05) is 19.7 Å². The first kappa shape index (κ1) is 18.1. The molecule has 7 nitrogen and oxygen atoms in total. The second-order valence-corrected chi connectivity index (χ2v) is 7.58. The summed E-state index contributed by atoms with van der Waals surface area (Å²) >= 11 is 0. The summed E-state index contributed by atoms with van der Waals surface area (Å²) in [6.45, 7) is 3.97. The van der Waals surface area contributed by atoms with E-state index in [9.17, 15) is 14.4 Å². The van der Waals surface area contributed by atoms with E-state index < -0.39 is 0 Å². The van der Waals surface area contributed by atoms with Crippen molar-refractivity contribution < 1.29 is 19.1 Å². The molecule has 1 aromatic carbocycles. The highest BCUT2D eigenvalue weighted by molar-refractivity contribution is 6.22. The monoisotopic (exact) mass is 371 g/mol. The van der Waals surface area contributed by atoms with Gasteiger partial charge in [0.2, 0.25) is 0 Å². The van der Waals surface area contributed by atoms with Crippen LogP contribution in [0.5, 0.6) is 0 Å². The molecule has 4 rings (SSSR count). The first-order valence-electron chi connectivity index (χ1n) is 9.70. The number of piperidine rings is 1. The highest BCUT2D eigenvalue weighted by atomic mass is 16.5. The molecular weight excluding hydrogens is 346 g/mol. The number of carbonyl (C=O) groups is 3. The maximum atomic E-state index is 12.7. The number of nitrogens with one attached hydrogen (secondary N) is 2. The van der Waals surface area contributed by atoms with Gasteiger partial charge in [0.1, 0.15) is 0 Å². The molecule has 27 heavy (non-hydrogen) atoms. The summed E-state index contributed by atoms with van der Waals surface area (Å²) < 4.78 is 5.55. The van der Waals surface area contributed by atoms with Crippen molar-refractivity contribution in [1.82, 2.24) is 15.5 Å². The molecule has 2 saturated heterocycles. The van der Waals surface area contributed by atoms with E-state index in [1.54, 1.807) is 18.2 Å². The Kier molecular flexibility index (Phi) is 4.97. The van der Waals surface area contributed by atoms with E-state index in [1.165, 1.54) is 4.90 Å². The normalized spacial score (nSPS) is 27.7. The van der Waals surface area contributed by atoms with Crippen LogP contribution >= 0.6 is 0 Å². The van der Waals surface area contributed by atoms with Gasteiger partial charge in [-0.3, -0.25) is 19.3 Å². The van der Waals surface area contributed by atoms with Crippen LogP contribution in [0.3, 0.4) is 0 Å². The molecule has 3 heterocycles. The van der Waals surface area contributed by atoms with E-state index in [1.807, 2.05) is 0 Å². The average molecular weight is 371 g/mol. The molecule has 0 radical (unpaired) electrons. The van der Waals surface area contributed by atoms with Crippen molar-refractivity contribution in [3.63, 3.8) is 0 Å². The SMILES string of the molecule is CC1NCCCC1NC(=O)c1ccc2c(c1)C(=O)N(CC1CCCO1)C2=O. The molecule has 3 aliphatic heterocycles. The van der Waals surface area contributed by atoms with E-state index in [0.717, 1.165) is 32.2 Å². The third-order valence-electron chi connectivity index (χ3n) is 5.72. The van der Waals surface area contributed by atoms with Gasteiger partial charge in [-0.25, -0.2) is 0 Å². The zero-order valence-electron chi connectivity index (χ0n) is 15.5. The molecule has 0 aromatic heterocycles. The highest BCUT2D eigenvalue weighted by Crippen LogP contribution is 2.26. The van der Waals surface area contributed by atoms with Gasteiger partial charge in [-0.15, -0.1) is 0 Å². The number of nitrogens with zero attached hydrogens (tertiary/aromatic N) is 1. The molecule has 3 amide bonds. The number of imide groups is 1. The summed E-state index contributed by atoms with van der Waals surface area (Å²) in [7, 11) is 0. The first-order chi connectivity index (χ1) is 13.0. The van der Waals surface area contributed by atoms with Gasteiger partial charge in [0, 0.05) is 24.3 Å². The molecule has 0 saturated carbocycles. The van der Waals surface area contributed by atoms with Gasteiger partial charge < -0.3 is 15.4 Å². The molecule has 3 unspecified atom stereocenters. The number of benzene rings is 1. The topological polar surface area (TPSA) is 87.7 Å². The van der Waals surface area contributed by atoms with E-state index in [2.05, 4.69) is 17.6 Å². The van der Waals surface area contributed by atoms with Crippen LogP contribution in [0, 0.1) is 0 Å². The minimum absolute atomic E-state index is 0.0628. The lowest BCUT2D eigenvalue weighted by atomic mass is 9.99. The number of hydrogen-bond acceptors (Lipinski definition) is 5. The second kappa shape index (κ2) is 7.40. The summed E-state index contributed by atoms with van der Waals surface area (Å²) in [5, 5.41) is 6.39. The average Bonchev–Trinajstić information content (AvgIpc) is 3.26. The fourth-order valence-corrected chi connectivity index (χ4v) is 4.08. The number of rotatable bonds is 4. The molecule has 2 fully saturated rings. The molecule has 3 aliphatic rings. The summed E-state index contributed by atoms with van der Waals surface area (Å²) in [5.41, 5.74) is 1.08. The van der Waals surface area contributed by atoms with Crippen molar-refractivity contribution in [1.29, 1.82) is 0 Å². The van der Waals surface area contributed by atoms with Crippen molar-refractivity contribution >= 4 is 17.7 Å². The van der Waals surface area contributed by atoms with Gasteiger partial charge in [-0.1, -0.05) is 0 Å². The third-order valence-corrected chi connectivity index (χ3v) is 5.72. The minimum Gasteiger partial charge on any atom is -0.376 e. The Morgan fingerprint density at radius 1 is 1.22 bits per heavy atom. The summed E-state index contributed by atoms with van der Waals surface area (Å²) in [5.74, 6) is -0.855. The van der Waals surface area contributed by atoms with Crippen molar-refractivity contribution in [2.24, 2.45) is 0 Å². The van der Waals surface area contributed by atoms with Crippen LogP contribution in [0.1, 0.15) is 63.7 Å². The zero-order valence-corrected chi connectivity index (χ0v) is 15.5. The Morgan fingerprint density at radius 2 is 2.04 bits per heavy atom. The molecular formula is C20H25N3O4. The summed E-state index contributed by atoms with van der Waals surface area (Å²) in [4.78, 5) is 39.2. The van der Waals surface area contributed by atoms with Crippen molar-refractivity contribution in [3.05, 3.63) is 34.9 Å². The maximum Gasteiger partial charge on any atom is 0.261 e. The van der Waals surface area contributed by atoms with Gasteiger partial charge in [0.05, 0.1) is 23.8 Å². The Bertz CT molecular complexity index is 772. The molecule has 0 bridgehead atoms. The first-order valence-corrected chi connectivity index (χ1v) is 9.70. The van der Waals surface area contributed by atoms with Gasteiger partial charge in [0.25, 0.3) is 17.7 Å². The zero-order chi connectivity index (χ0) is 19.0. The lowest BCUT2D eigenvalue weighted by Crippen LogP contribution is -2.51. The number of ether oxygens (including phenoxy) is 1. The van der Waals surface area contributed by atoms with Crippen LogP contribution in [-0.4, -0.2) is 60.5 Å². The van der Waals surface area contributed by atoms with E-state index >= 15 is 0 Å². The maximum absolute atomic E-state index is 12.7. The fourth-order valence-electron chi connectivity index (χ4n) is 4.08. The lowest BCUT2D eigenvalue weighted by molar-refractivity contribution is 0.0475. The van der Waals surface area contributed by atoms with Gasteiger partial charge in [-0.05, 0) is 57.4 Å². The Morgan fingerprint density at radius 3 is 2.78 bits per heavy atom. The fraction of sp³-hybridized carbons (Fsp3) is 0.550. The van der Waals surface area contributed by atoms with Crippen LogP contribution < -0.4 is 10.6 Å². The van der Waals surface area contributed by atoms with E-state index in [-0.39, 0.29) is 42.5 Å². The molecule has 0 aliphatic carbocycles. The van der Waals surface area contributed by atoms with Crippen LogP contribution in [-0.2, 0) is 4.74 Å².